The van der Waals surface area contributed by atoms with E-state index in [0.717, 1.165) is 18.5 Å². The quantitative estimate of drug-likeness (QED) is 0.595. The fourth-order valence-electron chi connectivity index (χ4n) is 1.26. The summed E-state index contributed by atoms with van der Waals surface area (Å²) in [5, 5.41) is 0. The number of hydrogen-bond donors (Lipinski definition) is 1. The third kappa shape index (κ3) is 3.62. The zero-order valence-corrected chi connectivity index (χ0v) is 9.25. The highest BCUT2D eigenvalue weighted by Gasteiger charge is 2.02. The number of rotatable bonds is 5. The van der Waals surface area contributed by atoms with E-state index in [4.69, 9.17) is 4.74 Å². The van der Waals surface area contributed by atoms with Crippen molar-refractivity contribution in [3.05, 3.63) is 40.3 Å². The zero-order valence-electron chi connectivity index (χ0n) is 9.25. The maximum Gasteiger partial charge on any atom is 0.223 e. The van der Waals surface area contributed by atoms with Crippen molar-refractivity contribution in [1.29, 1.82) is 0 Å². The molecule has 0 aromatic carbocycles. The first-order valence-electron chi connectivity index (χ1n) is 5.21. The molecule has 82 valence electrons. The van der Waals surface area contributed by atoms with Crippen molar-refractivity contribution in [3.8, 4) is 5.75 Å². The molecule has 15 heavy (non-hydrogen) atoms. The first-order valence-corrected chi connectivity index (χ1v) is 5.21. The Kier molecular flexibility index (Phi) is 4.68. The molecule has 0 aliphatic carbocycles. The summed E-state index contributed by atoms with van der Waals surface area (Å²) in [5.74, 6) is 0.433. The number of hydrogen-bond acceptors (Lipinski definition) is 2. The number of H-pyrrole nitrogens is 1. The lowest BCUT2D eigenvalue weighted by molar-refractivity contribution is 0.318. The van der Waals surface area contributed by atoms with Crippen molar-refractivity contribution in [3.63, 3.8) is 0 Å². The molecule has 0 unspecified atom stereocenters. The van der Waals surface area contributed by atoms with Gasteiger partial charge < -0.3 is 9.72 Å². The van der Waals surface area contributed by atoms with Crippen LogP contribution in [0.5, 0.6) is 5.75 Å². The molecule has 0 amide bonds. The number of allylic oxidation sites excluding steroid dienone is 1. The molecule has 0 atom stereocenters. The van der Waals surface area contributed by atoms with Gasteiger partial charge in [-0.05, 0) is 19.8 Å². The second-order valence-corrected chi connectivity index (χ2v) is 3.31. The highest BCUT2D eigenvalue weighted by molar-refractivity contribution is 5.25. The summed E-state index contributed by atoms with van der Waals surface area (Å²) < 4.78 is 5.42. The van der Waals surface area contributed by atoms with Crippen molar-refractivity contribution >= 4 is 0 Å². The van der Waals surface area contributed by atoms with Crippen molar-refractivity contribution < 1.29 is 4.74 Å². The average molecular weight is 207 g/mol. The van der Waals surface area contributed by atoms with Crippen LogP contribution in [0.4, 0.5) is 0 Å². The number of ether oxygens (including phenoxy) is 1. The summed E-state index contributed by atoms with van der Waals surface area (Å²) in [6, 6.07) is 1.48. The maximum atomic E-state index is 11.4. The number of aromatic nitrogens is 1. The molecule has 0 radical (unpaired) electrons. The second kappa shape index (κ2) is 6.06. The van der Waals surface area contributed by atoms with E-state index in [0.29, 0.717) is 12.4 Å². The van der Waals surface area contributed by atoms with Crippen molar-refractivity contribution in [2.45, 2.75) is 26.7 Å². The van der Waals surface area contributed by atoms with Gasteiger partial charge in [-0.1, -0.05) is 19.1 Å². The molecule has 1 rings (SSSR count). The van der Waals surface area contributed by atoms with Gasteiger partial charge in [-0.25, -0.2) is 0 Å². The van der Waals surface area contributed by atoms with Crippen LogP contribution in [0.25, 0.3) is 0 Å². The topological polar surface area (TPSA) is 42.1 Å². The van der Waals surface area contributed by atoms with Crippen LogP contribution in [-0.4, -0.2) is 11.6 Å². The van der Waals surface area contributed by atoms with Crippen molar-refractivity contribution in [2.24, 2.45) is 0 Å². The Balaban J connectivity index is 2.51. The first kappa shape index (κ1) is 11.6. The fourth-order valence-corrected chi connectivity index (χ4v) is 1.26. The summed E-state index contributed by atoms with van der Waals surface area (Å²) in [5.41, 5.74) is 0.715. The Morgan fingerprint density at radius 2 is 2.27 bits per heavy atom. The molecule has 0 saturated heterocycles. The van der Waals surface area contributed by atoms with E-state index >= 15 is 0 Å². The van der Waals surface area contributed by atoms with Gasteiger partial charge in [0.25, 0.3) is 0 Å². The minimum absolute atomic E-state index is 0.0641. The smallest absolute Gasteiger partial charge is 0.223 e. The summed E-state index contributed by atoms with van der Waals surface area (Å²) in [7, 11) is 0. The molecule has 1 aromatic heterocycles. The standard InChI is InChI=1S/C12H17NO2/c1-3-4-5-6-9-15-12-10(2)13-8-7-11(12)14/h4-5,7-8H,3,6,9H2,1-2H3,(H,13,14). The molecule has 0 aliphatic heterocycles. The molecule has 3 nitrogen and oxygen atoms in total. The Morgan fingerprint density at radius 1 is 1.47 bits per heavy atom. The van der Waals surface area contributed by atoms with Gasteiger partial charge in [-0.3, -0.25) is 4.79 Å². The fraction of sp³-hybridized carbons (Fsp3) is 0.417. The molecule has 0 aliphatic rings. The van der Waals surface area contributed by atoms with Crippen LogP contribution in [-0.2, 0) is 0 Å². The number of aryl methyl sites for hydroxylation is 1. The molecule has 3 heteroatoms. The van der Waals surface area contributed by atoms with Gasteiger partial charge in [0.15, 0.2) is 5.75 Å². The van der Waals surface area contributed by atoms with Crippen molar-refractivity contribution in [1.82, 2.24) is 4.98 Å². The monoisotopic (exact) mass is 207 g/mol. The predicted molar refractivity (Wildman–Crippen MR) is 61.3 cm³/mol. The second-order valence-electron chi connectivity index (χ2n) is 3.31. The van der Waals surface area contributed by atoms with Crippen LogP contribution >= 0.6 is 0 Å². The van der Waals surface area contributed by atoms with Crippen LogP contribution in [0.1, 0.15) is 25.5 Å². The highest BCUT2D eigenvalue weighted by Crippen LogP contribution is 2.07. The largest absolute Gasteiger partial charge is 0.487 e. The van der Waals surface area contributed by atoms with E-state index < -0.39 is 0 Å². The Labute approximate surface area is 89.8 Å². The molecular weight excluding hydrogens is 190 g/mol. The van der Waals surface area contributed by atoms with Gasteiger partial charge in [0.1, 0.15) is 0 Å². The van der Waals surface area contributed by atoms with Gasteiger partial charge in [-0.2, -0.15) is 0 Å². The maximum absolute atomic E-state index is 11.4. The number of nitrogens with one attached hydrogen (secondary N) is 1. The SMILES string of the molecule is CCC=CCCOc1c(C)[nH]ccc1=O. The molecule has 1 heterocycles. The number of aromatic amines is 1. The summed E-state index contributed by atoms with van der Waals surface area (Å²) in [6.07, 6.45) is 7.64. The zero-order chi connectivity index (χ0) is 11.1. The molecule has 0 bridgehead atoms. The molecule has 1 aromatic rings. The first-order chi connectivity index (χ1) is 7.25. The van der Waals surface area contributed by atoms with Crippen LogP contribution in [0.2, 0.25) is 0 Å². The van der Waals surface area contributed by atoms with Crippen LogP contribution in [0.3, 0.4) is 0 Å². The minimum atomic E-state index is -0.0641. The highest BCUT2D eigenvalue weighted by atomic mass is 16.5. The third-order valence-electron chi connectivity index (χ3n) is 2.03. The summed E-state index contributed by atoms with van der Waals surface area (Å²) in [6.45, 7) is 4.46. The Bertz CT molecular complexity index is 379. The van der Waals surface area contributed by atoms with E-state index in [9.17, 15) is 4.79 Å². The van der Waals surface area contributed by atoms with Gasteiger partial charge in [0.05, 0.1) is 12.3 Å². The molecular formula is C12H17NO2. The van der Waals surface area contributed by atoms with Gasteiger partial charge >= 0.3 is 0 Å². The summed E-state index contributed by atoms with van der Waals surface area (Å²) in [4.78, 5) is 14.3. The van der Waals surface area contributed by atoms with Gasteiger partial charge in [-0.15, -0.1) is 0 Å². The third-order valence-corrected chi connectivity index (χ3v) is 2.03. The van der Waals surface area contributed by atoms with E-state index in [-0.39, 0.29) is 5.43 Å². The molecule has 0 fully saturated rings. The minimum Gasteiger partial charge on any atom is -0.487 e. The van der Waals surface area contributed by atoms with E-state index in [1.807, 2.05) is 6.92 Å². The van der Waals surface area contributed by atoms with E-state index in [2.05, 4.69) is 24.1 Å². The van der Waals surface area contributed by atoms with Gasteiger partial charge in [0.2, 0.25) is 5.43 Å². The Hall–Kier alpha value is -1.51. The van der Waals surface area contributed by atoms with Gasteiger partial charge in [0, 0.05) is 12.3 Å². The van der Waals surface area contributed by atoms with Crippen molar-refractivity contribution in [2.75, 3.05) is 6.61 Å². The molecule has 0 spiro atoms. The Morgan fingerprint density at radius 3 is 2.93 bits per heavy atom. The molecule has 0 saturated carbocycles. The van der Waals surface area contributed by atoms with Crippen LogP contribution < -0.4 is 10.2 Å². The number of pyridine rings is 1. The van der Waals surface area contributed by atoms with Crippen LogP contribution in [0.15, 0.2) is 29.2 Å². The van der Waals surface area contributed by atoms with E-state index in [1.54, 1.807) is 6.20 Å². The summed E-state index contributed by atoms with van der Waals surface area (Å²) >= 11 is 0. The lowest BCUT2D eigenvalue weighted by Crippen LogP contribution is -2.10. The van der Waals surface area contributed by atoms with Crippen LogP contribution in [0, 0.1) is 6.92 Å². The lowest BCUT2D eigenvalue weighted by Gasteiger charge is -2.05. The average Bonchev–Trinajstić information content (AvgIpc) is 2.21. The van der Waals surface area contributed by atoms with E-state index in [1.165, 1.54) is 6.07 Å². The predicted octanol–water partition coefficient (Wildman–Crippen LogP) is 2.42. The normalized spacial score (nSPS) is 10.8. The molecule has 1 N–H and O–H groups in total. The lowest BCUT2D eigenvalue weighted by atomic mass is 10.3.